The molecule has 2 saturated heterocycles. The number of rotatable bonds is 11. The lowest BCUT2D eigenvalue weighted by molar-refractivity contribution is -0.142. The van der Waals surface area contributed by atoms with Crippen molar-refractivity contribution >= 4 is 29.4 Å². The fourth-order valence-electron chi connectivity index (χ4n) is 5.58. The van der Waals surface area contributed by atoms with Crippen LogP contribution in [0.2, 0.25) is 0 Å². The fraction of sp³-hybridized carbons (Fsp3) is 0.517. The monoisotopic (exact) mass is 618 g/mol. The van der Waals surface area contributed by atoms with Crippen LogP contribution in [0, 0.1) is 17.7 Å². The Bertz CT molecular complexity index is 1310. The SMILES string of the molecule is COCC1=C(C(=O)N(CC(C)C)[C@@H]2CNC[C@H](C(=O)N3CCOCC3)C2)NN(/C(=C/C(=O)O)C(=O)O)N1c1ccccc1F. The number of morpholine rings is 1. The van der Waals surface area contributed by atoms with Crippen molar-refractivity contribution in [3.63, 3.8) is 0 Å². The second-order valence-electron chi connectivity index (χ2n) is 11.1. The van der Waals surface area contributed by atoms with Gasteiger partial charge in [0.2, 0.25) is 5.91 Å². The van der Waals surface area contributed by atoms with Gasteiger partial charge in [-0.05, 0) is 24.5 Å². The summed E-state index contributed by atoms with van der Waals surface area (Å²) in [6.45, 7) is 6.75. The summed E-state index contributed by atoms with van der Waals surface area (Å²) in [5, 5.41) is 24.6. The van der Waals surface area contributed by atoms with Gasteiger partial charge in [-0.3, -0.25) is 15.0 Å². The average Bonchev–Trinajstić information content (AvgIpc) is 3.37. The van der Waals surface area contributed by atoms with E-state index in [4.69, 9.17) is 9.47 Å². The number of hydrogen-bond acceptors (Lipinski definition) is 10. The van der Waals surface area contributed by atoms with Crippen molar-refractivity contribution in [2.75, 3.05) is 64.7 Å². The van der Waals surface area contributed by atoms with Gasteiger partial charge in [0.25, 0.3) is 5.91 Å². The molecule has 3 heterocycles. The molecule has 2 atom stereocenters. The number of ether oxygens (including phenoxy) is 2. The van der Waals surface area contributed by atoms with Crippen molar-refractivity contribution in [1.82, 2.24) is 25.7 Å². The number of nitrogens with one attached hydrogen (secondary N) is 2. The van der Waals surface area contributed by atoms with E-state index in [-0.39, 0.29) is 41.4 Å². The van der Waals surface area contributed by atoms with Crippen LogP contribution < -0.4 is 15.8 Å². The molecule has 2 fully saturated rings. The predicted molar refractivity (Wildman–Crippen MR) is 155 cm³/mol. The average molecular weight is 619 g/mol. The van der Waals surface area contributed by atoms with E-state index in [1.54, 1.807) is 9.80 Å². The van der Waals surface area contributed by atoms with Crippen molar-refractivity contribution in [2.24, 2.45) is 11.8 Å². The number of hydrazine groups is 2. The number of carboxylic acids is 2. The predicted octanol–water partition coefficient (Wildman–Crippen LogP) is 0.600. The van der Waals surface area contributed by atoms with Gasteiger partial charge in [-0.15, -0.1) is 0 Å². The van der Waals surface area contributed by atoms with Crippen molar-refractivity contribution < 1.29 is 43.3 Å². The van der Waals surface area contributed by atoms with Gasteiger partial charge < -0.3 is 34.8 Å². The number of hydrogen-bond donors (Lipinski definition) is 4. The number of nitrogens with zero attached hydrogens (tertiary/aromatic N) is 4. The molecule has 14 nitrogen and oxygen atoms in total. The maximum Gasteiger partial charge on any atom is 0.356 e. The summed E-state index contributed by atoms with van der Waals surface area (Å²) in [5.74, 6) is -4.85. The lowest BCUT2D eigenvalue weighted by Gasteiger charge is -2.40. The van der Waals surface area contributed by atoms with Crippen LogP contribution in [-0.2, 0) is 28.7 Å². The second-order valence-corrected chi connectivity index (χ2v) is 11.1. The van der Waals surface area contributed by atoms with Crippen LogP contribution in [0.25, 0.3) is 0 Å². The molecule has 1 aromatic rings. The van der Waals surface area contributed by atoms with Crippen molar-refractivity contribution in [1.29, 1.82) is 0 Å². The van der Waals surface area contributed by atoms with E-state index in [1.165, 1.54) is 25.3 Å². The Kier molecular flexibility index (Phi) is 10.8. The van der Waals surface area contributed by atoms with Gasteiger partial charge in [-0.25, -0.2) is 19.0 Å². The normalized spacial score (nSPS) is 21.0. The van der Waals surface area contributed by atoms with Crippen LogP contribution in [0.3, 0.4) is 0 Å². The number of carbonyl (C=O) groups excluding carboxylic acids is 2. The summed E-state index contributed by atoms with van der Waals surface area (Å²) in [6, 6.07) is 5.08. The van der Waals surface area contributed by atoms with Crippen LogP contribution in [-0.4, -0.2) is 115 Å². The van der Waals surface area contributed by atoms with Gasteiger partial charge in [0.15, 0.2) is 5.70 Å². The number of carbonyl (C=O) groups is 4. The molecule has 0 saturated carbocycles. The largest absolute Gasteiger partial charge is 0.478 e. The molecule has 0 aliphatic carbocycles. The second kappa shape index (κ2) is 14.5. The Labute approximate surface area is 254 Å². The third-order valence-electron chi connectivity index (χ3n) is 7.51. The van der Waals surface area contributed by atoms with E-state index >= 15 is 4.39 Å². The maximum atomic E-state index is 15.2. The van der Waals surface area contributed by atoms with E-state index in [0.717, 1.165) is 16.2 Å². The highest BCUT2D eigenvalue weighted by molar-refractivity contribution is 5.98. The number of halogens is 1. The third-order valence-corrected chi connectivity index (χ3v) is 7.51. The summed E-state index contributed by atoms with van der Waals surface area (Å²) >= 11 is 0. The molecule has 0 aromatic heterocycles. The molecule has 240 valence electrons. The first kappa shape index (κ1) is 32.7. The third kappa shape index (κ3) is 7.29. The number of carboxylic acid groups (broad SMARTS) is 2. The number of aliphatic carboxylic acids is 2. The van der Waals surface area contributed by atoms with E-state index < -0.39 is 35.4 Å². The van der Waals surface area contributed by atoms with Gasteiger partial charge in [-0.1, -0.05) is 26.0 Å². The molecule has 1 aromatic carbocycles. The Morgan fingerprint density at radius 1 is 1.16 bits per heavy atom. The molecule has 3 aliphatic rings. The standard InChI is InChI=1S/C29H39FN6O8/c1-18(2)16-34(20-12-19(14-31-15-20)27(39)33-8-10-44-11-9-33)28(40)26-24(17-43-3)35(22-7-5-4-6-21(22)30)36(32-26)23(29(41)42)13-25(37)38/h4-7,13,18-20,31-32H,8-12,14-17H2,1-3H3,(H,37,38)(H,41,42)/b23-13+/t19-,20+/m1/s1. The molecule has 0 radical (unpaired) electrons. The maximum absolute atomic E-state index is 15.2. The van der Waals surface area contributed by atoms with Crippen LogP contribution in [0.15, 0.2) is 47.4 Å². The van der Waals surface area contributed by atoms with Crippen molar-refractivity contribution in [3.8, 4) is 0 Å². The Morgan fingerprint density at radius 3 is 2.48 bits per heavy atom. The molecule has 0 unspecified atom stereocenters. The molecule has 0 spiro atoms. The first-order valence-electron chi connectivity index (χ1n) is 14.4. The van der Waals surface area contributed by atoms with Crippen molar-refractivity contribution in [3.05, 3.63) is 53.2 Å². The Balaban J connectivity index is 1.74. The van der Waals surface area contributed by atoms with Gasteiger partial charge >= 0.3 is 11.9 Å². The summed E-state index contributed by atoms with van der Waals surface area (Å²) in [6.07, 6.45) is 0.842. The summed E-state index contributed by atoms with van der Waals surface area (Å²) in [4.78, 5) is 55.0. The van der Waals surface area contributed by atoms with Gasteiger partial charge in [0, 0.05) is 45.9 Å². The molecular formula is C29H39FN6O8. The number of benzene rings is 1. The summed E-state index contributed by atoms with van der Waals surface area (Å²) in [7, 11) is 1.36. The highest BCUT2D eigenvalue weighted by atomic mass is 19.1. The zero-order valence-corrected chi connectivity index (χ0v) is 25.0. The Hall–Kier alpha value is -4.21. The minimum Gasteiger partial charge on any atom is -0.478 e. The van der Waals surface area contributed by atoms with Crippen LogP contribution >= 0.6 is 0 Å². The minimum absolute atomic E-state index is 0.0115. The quantitative estimate of drug-likeness (QED) is 0.256. The fourth-order valence-corrected chi connectivity index (χ4v) is 5.58. The lowest BCUT2D eigenvalue weighted by Crippen LogP contribution is -2.56. The number of methoxy groups -OCH3 is 1. The zero-order valence-electron chi connectivity index (χ0n) is 25.0. The lowest BCUT2D eigenvalue weighted by atomic mass is 9.92. The van der Waals surface area contributed by atoms with E-state index in [2.05, 4.69) is 10.7 Å². The highest BCUT2D eigenvalue weighted by Gasteiger charge is 2.43. The van der Waals surface area contributed by atoms with E-state index in [9.17, 15) is 29.4 Å². The summed E-state index contributed by atoms with van der Waals surface area (Å²) in [5.41, 5.74) is 1.78. The number of amides is 2. The Morgan fingerprint density at radius 2 is 1.86 bits per heavy atom. The molecule has 4 N–H and O–H groups in total. The molecule has 44 heavy (non-hydrogen) atoms. The van der Waals surface area contributed by atoms with Gasteiger partial charge in [0.05, 0.1) is 37.5 Å². The summed E-state index contributed by atoms with van der Waals surface area (Å²) < 4.78 is 25.9. The topological polar surface area (TPSA) is 164 Å². The first-order chi connectivity index (χ1) is 21.0. The van der Waals surface area contributed by atoms with Gasteiger partial charge in [0.1, 0.15) is 17.2 Å². The molecule has 0 bridgehead atoms. The molecular weight excluding hydrogens is 579 g/mol. The van der Waals surface area contributed by atoms with E-state index in [1.807, 2.05) is 13.8 Å². The molecule has 2 amide bonds. The van der Waals surface area contributed by atoms with Crippen LogP contribution in [0.5, 0.6) is 0 Å². The molecule has 4 rings (SSSR count). The number of piperidine rings is 1. The minimum atomic E-state index is -1.63. The van der Waals surface area contributed by atoms with Crippen LogP contribution in [0.4, 0.5) is 10.1 Å². The smallest absolute Gasteiger partial charge is 0.356 e. The van der Waals surface area contributed by atoms with Crippen molar-refractivity contribution in [2.45, 2.75) is 26.3 Å². The zero-order chi connectivity index (χ0) is 32.0. The van der Waals surface area contributed by atoms with Crippen LogP contribution in [0.1, 0.15) is 20.3 Å². The van der Waals surface area contributed by atoms with Gasteiger partial charge in [-0.2, -0.15) is 5.12 Å². The number of anilines is 1. The molecule has 15 heteroatoms. The number of para-hydroxylation sites is 1. The van der Waals surface area contributed by atoms with E-state index in [0.29, 0.717) is 58.4 Å². The highest BCUT2D eigenvalue weighted by Crippen LogP contribution is 2.33. The first-order valence-corrected chi connectivity index (χ1v) is 14.4. The molecule has 3 aliphatic heterocycles.